The lowest BCUT2D eigenvalue weighted by Crippen LogP contribution is -2.23. The molecule has 1 unspecified atom stereocenters. The molecule has 0 fully saturated rings. The fraction of sp³-hybridized carbons (Fsp3) is 0.412. The molecular weight excluding hydrogens is 366 g/mol. The third-order valence-electron chi connectivity index (χ3n) is 3.61. The number of hydrogen-bond donors (Lipinski definition) is 1. The van der Waals surface area contributed by atoms with E-state index in [0.29, 0.717) is 6.04 Å². The lowest BCUT2D eigenvalue weighted by atomic mass is 10.0. The third-order valence-corrected chi connectivity index (χ3v) is 5.72. The second kappa shape index (κ2) is 7.77. The number of benzene rings is 1. The molecule has 1 N–H and O–H groups in total. The van der Waals surface area contributed by atoms with Crippen molar-refractivity contribution in [2.75, 3.05) is 6.54 Å². The molecule has 0 aliphatic heterocycles. The van der Waals surface area contributed by atoms with Crippen LogP contribution in [0.4, 0.5) is 0 Å². The van der Waals surface area contributed by atoms with Gasteiger partial charge in [-0.05, 0) is 62.6 Å². The van der Waals surface area contributed by atoms with Crippen molar-refractivity contribution in [1.82, 2.24) is 5.32 Å². The summed E-state index contributed by atoms with van der Waals surface area (Å²) >= 11 is 11.7. The van der Waals surface area contributed by atoms with E-state index in [-0.39, 0.29) is 0 Å². The van der Waals surface area contributed by atoms with E-state index < -0.39 is 0 Å². The van der Waals surface area contributed by atoms with E-state index in [2.05, 4.69) is 60.2 Å². The Kier molecular flexibility index (Phi) is 6.30. The Balaban J connectivity index is 2.23. The largest absolute Gasteiger partial charge is 0.309 e. The smallest absolute Gasteiger partial charge is 0.0456 e. The Bertz CT molecular complexity index is 589. The summed E-state index contributed by atoms with van der Waals surface area (Å²) in [4.78, 5) is 2.80. The van der Waals surface area contributed by atoms with Gasteiger partial charge in [-0.2, -0.15) is 0 Å². The number of hydrogen-bond acceptors (Lipinski definition) is 2. The van der Waals surface area contributed by atoms with E-state index in [1.54, 1.807) is 0 Å². The van der Waals surface area contributed by atoms with Crippen molar-refractivity contribution in [2.24, 2.45) is 0 Å². The molecule has 2 rings (SSSR count). The van der Waals surface area contributed by atoms with Crippen LogP contribution >= 0.6 is 38.9 Å². The summed E-state index contributed by atoms with van der Waals surface area (Å²) in [6, 6.07) is 8.78. The van der Waals surface area contributed by atoms with Crippen LogP contribution in [0.2, 0.25) is 5.02 Å². The van der Waals surface area contributed by atoms with E-state index in [1.165, 1.54) is 20.9 Å². The molecule has 0 bridgehead atoms. The molecule has 1 nitrogen and oxygen atoms in total. The van der Waals surface area contributed by atoms with Gasteiger partial charge in [0.05, 0.1) is 0 Å². The summed E-state index contributed by atoms with van der Waals surface area (Å²) in [5.74, 6) is 0. The first-order valence-electron chi connectivity index (χ1n) is 7.25. The molecule has 0 spiro atoms. The highest BCUT2D eigenvalue weighted by Crippen LogP contribution is 2.31. The topological polar surface area (TPSA) is 12.0 Å². The number of rotatable bonds is 6. The minimum atomic E-state index is 0.334. The molecule has 1 aromatic carbocycles. The fourth-order valence-corrected chi connectivity index (χ4v) is 4.14. The van der Waals surface area contributed by atoms with Crippen molar-refractivity contribution >= 4 is 38.9 Å². The zero-order valence-corrected chi connectivity index (χ0v) is 15.8. The Hall–Kier alpha value is -0.350. The molecule has 1 heterocycles. The summed E-state index contributed by atoms with van der Waals surface area (Å²) in [6.45, 7) is 7.59. The van der Waals surface area contributed by atoms with Crippen LogP contribution < -0.4 is 5.32 Å². The van der Waals surface area contributed by atoms with Crippen LogP contribution in [0.15, 0.2) is 28.7 Å². The minimum Gasteiger partial charge on any atom is -0.309 e. The van der Waals surface area contributed by atoms with E-state index in [9.17, 15) is 0 Å². The summed E-state index contributed by atoms with van der Waals surface area (Å²) in [7, 11) is 0. The van der Waals surface area contributed by atoms with Crippen LogP contribution in [0.3, 0.4) is 0 Å². The zero-order chi connectivity index (χ0) is 15.4. The highest BCUT2D eigenvalue weighted by atomic mass is 79.9. The van der Waals surface area contributed by atoms with Crippen molar-refractivity contribution in [1.29, 1.82) is 0 Å². The summed E-state index contributed by atoms with van der Waals surface area (Å²) in [6.07, 6.45) is 2.05. The number of nitrogens with one attached hydrogen (secondary N) is 1. The maximum Gasteiger partial charge on any atom is 0.0456 e. The first kappa shape index (κ1) is 17.0. The molecule has 21 heavy (non-hydrogen) atoms. The zero-order valence-electron chi connectivity index (χ0n) is 12.7. The Morgan fingerprint density at radius 3 is 2.62 bits per heavy atom. The maximum absolute atomic E-state index is 6.38. The van der Waals surface area contributed by atoms with Crippen molar-refractivity contribution < 1.29 is 0 Å². The molecule has 2 aromatic rings. The van der Waals surface area contributed by atoms with Gasteiger partial charge in [0.2, 0.25) is 0 Å². The van der Waals surface area contributed by atoms with Crippen molar-refractivity contribution in [2.45, 2.75) is 39.7 Å². The molecule has 0 saturated carbocycles. The maximum atomic E-state index is 6.38. The molecule has 4 heteroatoms. The highest BCUT2D eigenvalue weighted by Gasteiger charge is 2.16. The quantitative estimate of drug-likeness (QED) is 0.636. The van der Waals surface area contributed by atoms with Gasteiger partial charge in [0.25, 0.3) is 0 Å². The van der Waals surface area contributed by atoms with Crippen LogP contribution in [0, 0.1) is 13.8 Å². The number of aryl methyl sites for hydroxylation is 2. The second-order valence-corrected chi connectivity index (χ2v) is 7.95. The van der Waals surface area contributed by atoms with Gasteiger partial charge >= 0.3 is 0 Å². The first-order chi connectivity index (χ1) is 10.0. The Morgan fingerprint density at radius 1 is 1.29 bits per heavy atom. The highest BCUT2D eigenvalue weighted by molar-refractivity contribution is 9.10. The van der Waals surface area contributed by atoms with Gasteiger partial charge in [0.15, 0.2) is 0 Å². The van der Waals surface area contributed by atoms with Crippen LogP contribution in [-0.4, -0.2) is 6.54 Å². The molecule has 0 radical (unpaired) electrons. The van der Waals surface area contributed by atoms with Crippen molar-refractivity contribution in [3.63, 3.8) is 0 Å². The van der Waals surface area contributed by atoms with Crippen molar-refractivity contribution in [3.8, 4) is 0 Å². The summed E-state index contributed by atoms with van der Waals surface area (Å²) < 4.78 is 1.03. The van der Waals surface area contributed by atoms with Crippen LogP contribution in [0.25, 0.3) is 0 Å². The Labute approximate surface area is 144 Å². The molecule has 1 aromatic heterocycles. The van der Waals surface area contributed by atoms with Gasteiger partial charge < -0.3 is 5.32 Å². The molecule has 0 saturated heterocycles. The van der Waals surface area contributed by atoms with E-state index in [4.69, 9.17) is 11.6 Å². The van der Waals surface area contributed by atoms with Crippen LogP contribution in [0.5, 0.6) is 0 Å². The number of thiophene rings is 1. The SMILES string of the molecule is CCCNC(Cc1ccc(Br)cc1Cl)c1cc(C)c(C)s1. The van der Waals surface area contributed by atoms with Gasteiger partial charge in [-0.25, -0.2) is 0 Å². The fourth-order valence-electron chi connectivity index (χ4n) is 2.27. The lowest BCUT2D eigenvalue weighted by Gasteiger charge is -2.18. The molecule has 1 atom stereocenters. The first-order valence-corrected chi connectivity index (χ1v) is 9.24. The molecule has 0 amide bonds. The average molecular weight is 387 g/mol. The average Bonchev–Trinajstić information content (AvgIpc) is 2.77. The molecular formula is C17H21BrClNS. The number of halogens is 2. The normalized spacial score (nSPS) is 12.6. The van der Waals surface area contributed by atoms with Gasteiger partial charge in [0, 0.05) is 25.3 Å². The monoisotopic (exact) mass is 385 g/mol. The van der Waals surface area contributed by atoms with E-state index in [1.807, 2.05) is 17.4 Å². The van der Waals surface area contributed by atoms with E-state index in [0.717, 1.165) is 28.9 Å². The Morgan fingerprint density at radius 2 is 2.05 bits per heavy atom. The summed E-state index contributed by atoms with van der Waals surface area (Å²) in [5, 5.41) is 4.49. The van der Waals surface area contributed by atoms with Gasteiger partial charge in [-0.15, -0.1) is 11.3 Å². The standard InChI is InChI=1S/C17H21BrClNS/c1-4-7-20-16(17-8-11(2)12(3)21-17)9-13-5-6-14(18)10-15(13)19/h5-6,8,10,16,20H,4,7,9H2,1-3H3. The predicted octanol–water partition coefficient (Wildman–Crippen LogP) is 6.06. The van der Waals surface area contributed by atoms with Gasteiger partial charge in [0.1, 0.15) is 0 Å². The molecule has 0 aliphatic carbocycles. The molecule has 0 aliphatic rings. The molecule has 114 valence electrons. The van der Waals surface area contributed by atoms with Gasteiger partial charge in [-0.1, -0.05) is 40.5 Å². The minimum absolute atomic E-state index is 0.334. The van der Waals surface area contributed by atoms with Crippen LogP contribution in [0.1, 0.15) is 40.3 Å². The third kappa shape index (κ3) is 4.56. The summed E-state index contributed by atoms with van der Waals surface area (Å²) in [5.41, 5.74) is 2.57. The second-order valence-electron chi connectivity index (χ2n) is 5.33. The lowest BCUT2D eigenvalue weighted by molar-refractivity contribution is 0.536. The van der Waals surface area contributed by atoms with Crippen molar-refractivity contribution in [3.05, 3.63) is 54.6 Å². The van der Waals surface area contributed by atoms with Gasteiger partial charge in [-0.3, -0.25) is 0 Å². The predicted molar refractivity (Wildman–Crippen MR) is 97.7 cm³/mol. The van der Waals surface area contributed by atoms with E-state index >= 15 is 0 Å². The van der Waals surface area contributed by atoms with Crippen LogP contribution in [-0.2, 0) is 6.42 Å².